The highest BCUT2D eigenvalue weighted by Gasteiger charge is 2.13. The molecule has 2 aromatic rings. The molecule has 2 rings (SSSR count). The lowest BCUT2D eigenvalue weighted by molar-refractivity contribution is -0.121. The van der Waals surface area contributed by atoms with E-state index in [9.17, 15) is 19.5 Å². The predicted octanol–water partition coefficient (Wildman–Crippen LogP) is 3.23. The fraction of sp³-hybridized carbons (Fsp3) is 0.286. The Labute approximate surface area is 158 Å². The van der Waals surface area contributed by atoms with Gasteiger partial charge in [0.15, 0.2) is 0 Å². The molecule has 0 bridgehead atoms. The highest BCUT2D eigenvalue weighted by atomic mass is 16.4. The van der Waals surface area contributed by atoms with Crippen molar-refractivity contribution in [2.24, 2.45) is 5.92 Å². The molecule has 0 aliphatic carbocycles. The van der Waals surface area contributed by atoms with E-state index in [0.717, 1.165) is 12.0 Å². The van der Waals surface area contributed by atoms with Crippen LogP contribution in [0.1, 0.15) is 41.8 Å². The standard InChI is InChI=1S/C21H24N2O4/c1-3-14(2)20(25)23-17-9-6-7-15(11-17)13-22-19(24)12-16-8-4-5-10-18(16)21(26)27/h4-11,14H,3,12-13H2,1-2H3,(H,22,24)(H,23,25)(H,26,27). The van der Waals surface area contributed by atoms with Crippen LogP contribution in [0.3, 0.4) is 0 Å². The van der Waals surface area contributed by atoms with Crippen LogP contribution in [0.2, 0.25) is 0 Å². The topological polar surface area (TPSA) is 95.5 Å². The Morgan fingerprint density at radius 1 is 1.07 bits per heavy atom. The molecule has 27 heavy (non-hydrogen) atoms. The summed E-state index contributed by atoms with van der Waals surface area (Å²) in [4.78, 5) is 35.4. The van der Waals surface area contributed by atoms with Crippen LogP contribution in [0.5, 0.6) is 0 Å². The molecule has 0 spiro atoms. The maximum absolute atomic E-state index is 12.2. The largest absolute Gasteiger partial charge is 0.478 e. The number of carboxylic acid groups (broad SMARTS) is 1. The Hall–Kier alpha value is -3.15. The lowest BCUT2D eigenvalue weighted by atomic mass is 10.0. The fourth-order valence-corrected chi connectivity index (χ4v) is 2.53. The highest BCUT2D eigenvalue weighted by Crippen LogP contribution is 2.14. The smallest absolute Gasteiger partial charge is 0.335 e. The Balaban J connectivity index is 1.95. The number of carbonyl (C=O) groups is 3. The number of benzene rings is 2. The number of amides is 2. The predicted molar refractivity (Wildman–Crippen MR) is 103 cm³/mol. The zero-order valence-electron chi connectivity index (χ0n) is 15.5. The molecule has 2 amide bonds. The second-order valence-electron chi connectivity index (χ2n) is 6.41. The Morgan fingerprint density at radius 3 is 2.52 bits per heavy atom. The Kier molecular flexibility index (Phi) is 7.11. The zero-order valence-corrected chi connectivity index (χ0v) is 15.5. The number of nitrogens with one attached hydrogen (secondary N) is 2. The van der Waals surface area contributed by atoms with Crippen LogP contribution in [0.15, 0.2) is 48.5 Å². The summed E-state index contributed by atoms with van der Waals surface area (Å²) in [5, 5.41) is 14.8. The third-order valence-corrected chi connectivity index (χ3v) is 4.34. The first-order chi connectivity index (χ1) is 12.9. The van der Waals surface area contributed by atoms with Crippen LogP contribution in [0.4, 0.5) is 5.69 Å². The van der Waals surface area contributed by atoms with Crippen molar-refractivity contribution in [1.82, 2.24) is 5.32 Å². The number of aromatic carboxylic acids is 1. The molecular weight excluding hydrogens is 344 g/mol. The molecule has 0 heterocycles. The number of carbonyl (C=O) groups excluding carboxylic acids is 2. The quantitative estimate of drug-likeness (QED) is 0.667. The van der Waals surface area contributed by atoms with Crippen molar-refractivity contribution in [2.45, 2.75) is 33.2 Å². The van der Waals surface area contributed by atoms with Crippen LogP contribution < -0.4 is 10.6 Å². The minimum absolute atomic E-state index is 0.00703. The third-order valence-electron chi connectivity index (χ3n) is 4.34. The summed E-state index contributed by atoms with van der Waals surface area (Å²) in [7, 11) is 0. The average Bonchev–Trinajstić information content (AvgIpc) is 2.66. The van der Waals surface area contributed by atoms with Crippen molar-refractivity contribution < 1.29 is 19.5 Å². The van der Waals surface area contributed by atoms with Gasteiger partial charge < -0.3 is 15.7 Å². The number of carboxylic acids is 1. The van der Waals surface area contributed by atoms with Gasteiger partial charge in [0, 0.05) is 18.2 Å². The molecule has 142 valence electrons. The summed E-state index contributed by atoms with van der Waals surface area (Å²) in [6, 6.07) is 13.7. The molecule has 0 aliphatic rings. The molecule has 6 heteroatoms. The van der Waals surface area contributed by atoms with Crippen molar-refractivity contribution in [2.75, 3.05) is 5.32 Å². The average molecular weight is 368 g/mol. The fourth-order valence-electron chi connectivity index (χ4n) is 2.53. The van der Waals surface area contributed by atoms with Crippen LogP contribution in [-0.4, -0.2) is 22.9 Å². The maximum atomic E-state index is 12.2. The molecule has 0 aliphatic heterocycles. The van der Waals surface area contributed by atoms with E-state index in [0.29, 0.717) is 17.8 Å². The molecule has 0 radical (unpaired) electrons. The summed E-state index contributed by atoms with van der Waals surface area (Å²) < 4.78 is 0. The molecule has 1 unspecified atom stereocenters. The van der Waals surface area contributed by atoms with Crippen LogP contribution >= 0.6 is 0 Å². The van der Waals surface area contributed by atoms with Crippen molar-refractivity contribution in [1.29, 1.82) is 0 Å². The van der Waals surface area contributed by atoms with Crippen LogP contribution in [0.25, 0.3) is 0 Å². The monoisotopic (exact) mass is 368 g/mol. The first-order valence-electron chi connectivity index (χ1n) is 8.88. The van der Waals surface area contributed by atoms with Gasteiger partial charge in [-0.15, -0.1) is 0 Å². The van der Waals surface area contributed by atoms with Gasteiger partial charge >= 0.3 is 5.97 Å². The number of rotatable bonds is 8. The van der Waals surface area contributed by atoms with Crippen LogP contribution in [-0.2, 0) is 22.6 Å². The molecule has 0 saturated carbocycles. The second kappa shape index (κ2) is 9.52. The van der Waals surface area contributed by atoms with E-state index in [1.165, 1.54) is 6.07 Å². The van der Waals surface area contributed by atoms with Crippen molar-refractivity contribution >= 4 is 23.5 Å². The van der Waals surface area contributed by atoms with E-state index in [1.807, 2.05) is 32.0 Å². The van der Waals surface area contributed by atoms with Gasteiger partial charge in [-0.05, 0) is 35.7 Å². The normalized spacial score (nSPS) is 11.5. The van der Waals surface area contributed by atoms with E-state index in [1.54, 1.807) is 24.3 Å². The summed E-state index contributed by atoms with van der Waals surface area (Å²) >= 11 is 0. The van der Waals surface area contributed by atoms with Gasteiger partial charge in [0.05, 0.1) is 12.0 Å². The third kappa shape index (κ3) is 5.95. The molecule has 3 N–H and O–H groups in total. The summed E-state index contributed by atoms with van der Waals surface area (Å²) in [5.41, 5.74) is 2.12. The first kappa shape index (κ1) is 20.2. The zero-order chi connectivity index (χ0) is 19.8. The van der Waals surface area contributed by atoms with Crippen molar-refractivity contribution in [3.8, 4) is 0 Å². The Bertz CT molecular complexity index is 832. The van der Waals surface area contributed by atoms with Crippen LogP contribution in [0, 0.1) is 5.92 Å². The van der Waals surface area contributed by atoms with E-state index in [-0.39, 0.29) is 29.7 Å². The Morgan fingerprint density at radius 2 is 1.81 bits per heavy atom. The van der Waals surface area contributed by atoms with Gasteiger partial charge in [0.25, 0.3) is 0 Å². The van der Waals surface area contributed by atoms with E-state index >= 15 is 0 Å². The lowest BCUT2D eigenvalue weighted by Gasteiger charge is -2.12. The van der Waals surface area contributed by atoms with Gasteiger partial charge in [0.1, 0.15) is 0 Å². The molecule has 0 aromatic heterocycles. The number of hydrogen-bond donors (Lipinski definition) is 3. The highest BCUT2D eigenvalue weighted by molar-refractivity contribution is 5.92. The van der Waals surface area contributed by atoms with Gasteiger partial charge in [-0.1, -0.05) is 44.2 Å². The van der Waals surface area contributed by atoms with Gasteiger partial charge in [-0.25, -0.2) is 4.79 Å². The minimum atomic E-state index is -1.05. The van der Waals surface area contributed by atoms with Crippen molar-refractivity contribution in [3.63, 3.8) is 0 Å². The molecule has 2 aromatic carbocycles. The summed E-state index contributed by atoms with van der Waals surface area (Å²) in [5.74, 6) is -1.42. The molecule has 0 saturated heterocycles. The van der Waals surface area contributed by atoms with Crippen molar-refractivity contribution in [3.05, 3.63) is 65.2 Å². The summed E-state index contributed by atoms with van der Waals surface area (Å²) in [6.45, 7) is 4.12. The van der Waals surface area contributed by atoms with Gasteiger partial charge in [-0.2, -0.15) is 0 Å². The SMILES string of the molecule is CCC(C)C(=O)Nc1cccc(CNC(=O)Cc2ccccc2C(=O)O)c1. The number of anilines is 1. The first-order valence-corrected chi connectivity index (χ1v) is 8.88. The number of hydrogen-bond acceptors (Lipinski definition) is 3. The minimum Gasteiger partial charge on any atom is -0.478 e. The summed E-state index contributed by atoms with van der Waals surface area (Å²) in [6.07, 6.45) is 0.756. The van der Waals surface area contributed by atoms with E-state index in [2.05, 4.69) is 10.6 Å². The van der Waals surface area contributed by atoms with E-state index < -0.39 is 5.97 Å². The lowest BCUT2D eigenvalue weighted by Crippen LogP contribution is -2.25. The molecular formula is C21H24N2O4. The molecule has 1 atom stereocenters. The molecule has 6 nitrogen and oxygen atoms in total. The second-order valence-corrected chi connectivity index (χ2v) is 6.41. The maximum Gasteiger partial charge on any atom is 0.335 e. The van der Waals surface area contributed by atoms with Gasteiger partial charge in [-0.3, -0.25) is 9.59 Å². The van der Waals surface area contributed by atoms with E-state index in [4.69, 9.17) is 0 Å². The van der Waals surface area contributed by atoms with Gasteiger partial charge in [0.2, 0.25) is 11.8 Å². The molecule has 0 fully saturated rings.